The minimum atomic E-state index is -0.335. The maximum absolute atomic E-state index is 11.5. The van der Waals surface area contributed by atoms with E-state index in [2.05, 4.69) is 24.1 Å². The van der Waals surface area contributed by atoms with Crippen molar-refractivity contribution in [1.29, 1.82) is 0 Å². The normalized spacial score (nSPS) is 12.8. The molecule has 1 atom stereocenters. The molecule has 0 amide bonds. The number of nitrogens with zero attached hydrogens (tertiary/aromatic N) is 2. The minimum Gasteiger partial charge on any atom is -0.467 e. The highest BCUT2D eigenvalue weighted by molar-refractivity contribution is 5.73. The number of esters is 1. The van der Waals surface area contributed by atoms with E-state index in [0.717, 1.165) is 12.4 Å². The third-order valence-electron chi connectivity index (χ3n) is 2.54. The van der Waals surface area contributed by atoms with E-state index in [4.69, 9.17) is 4.74 Å². The van der Waals surface area contributed by atoms with Gasteiger partial charge in [0.05, 0.1) is 13.7 Å². The second-order valence-electron chi connectivity index (χ2n) is 4.47. The molecule has 1 aromatic heterocycles. The molecule has 0 fully saturated rings. The van der Waals surface area contributed by atoms with Gasteiger partial charge in [0.25, 0.3) is 0 Å². The summed E-state index contributed by atoms with van der Waals surface area (Å²) in [6.45, 7) is 7.69. The van der Waals surface area contributed by atoms with Gasteiger partial charge < -0.3 is 14.6 Å². The predicted molar refractivity (Wildman–Crippen MR) is 65.5 cm³/mol. The highest BCUT2D eigenvalue weighted by atomic mass is 16.5. The van der Waals surface area contributed by atoms with Gasteiger partial charge in [-0.2, -0.15) is 0 Å². The molecule has 0 aliphatic heterocycles. The van der Waals surface area contributed by atoms with Gasteiger partial charge in [-0.25, -0.2) is 9.78 Å². The third-order valence-corrected chi connectivity index (χ3v) is 2.54. The Morgan fingerprint density at radius 3 is 2.82 bits per heavy atom. The van der Waals surface area contributed by atoms with E-state index in [9.17, 15) is 4.79 Å². The molecule has 0 aliphatic rings. The molecule has 1 heterocycles. The Morgan fingerprint density at radius 2 is 2.24 bits per heavy atom. The summed E-state index contributed by atoms with van der Waals surface area (Å²) in [5.74, 6) is 1.19. The van der Waals surface area contributed by atoms with Crippen molar-refractivity contribution in [2.24, 2.45) is 5.92 Å². The number of aromatic nitrogens is 2. The largest absolute Gasteiger partial charge is 0.467 e. The first-order chi connectivity index (χ1) is 8.06. The second-order valence-corrected chi connectivity index (χ2v) is 4.47. The second kappa shape index (κ2) is 6.39. The van der Waals surface area contributed by atoms with Gasteiger partial charge in [-0.3, -0.25) is 0 Å². The molecule has 5 heteroatoms. The van der Waals surface area contributed by atoms with Crippen molar-refractivity contribution in [3.8, 4) is 0 Å². The van der Waals surface area contributed by atoms with Crippen molar-refractivity contribution >= 4 is 5.97 Å². The summed E-state index contributed by atoms with van der Waals surface area (Å²) in [4.78, 5) is 15.7. The molecule has 1 unspecified atom stereocenters. The van der Waals surface area contributed by atoms with E-state index >= 15 is 0 Å². The van der Waals surface area contributed by atoms with E-state index < -0.39 is 0 Å². The van der Waals surface area contributed by atoms with Gasteiger partial charge in [-0.05, 0) is 19.4 Å². The van der Waals surface area contributed by atoms with Gasteiger partial charge in [0, 0.05) is 12.4 Å². The lowest BCUT2D eigenvalue weighted by Crippen LogP contribution is -2.24. The van der Waals surface area contributed by atoms with Crippen LogP contribution in [0.3, 0.4) is 0 Å². The number of ether oxygens (including phenoxy) is 1. The van der Waals surface area contributed by atoms with Crippen LogP contribution in [0.25, 0.3) is 0 Å². The Kier molecular flexibility index (Phi) is 5.15. The molecule has 0 aliphatic carbocycles. The van der Waals surface area contributed by atoms with Gasteiger partial charge in [0.2, 0.25) is 0 Å². The van der Waals surface area contributed by atoms with E-state index in [-0.39, 0.29) is 12.0 Å². The number of hydrogen-bond acceptors (Lipinski definition) is 4. The molecule has 0 radical (unpaired) electrons. The van der Waals surface area contributed by atoms with Crippen LogP contribution >= 0.6 is 0 Å². The summed E-state index contributed by atoms with van der Waals surface area (Å²) in [6, 6.07) is -0.335. The Hall–Kier alpha value is -1.36. The van der Waals surface area contributed by atoms with E-state index in [1.807, 2.05) is 4.57 Å². The summed E-state index contributed by atoms with van der Waals surface area (Å²) in [5.41, 5.74) is 0. The molecule has 0 bridgehead atoms. The molecule has 1 N–H and O–H groups in total. The third kappa shape index (κ3) is 3.85. The highest BCUT2D eigenvalue weighted by Gasteiger charge is 2.17. The summed E-state index contributed by atoms with van der Waals surface area (Å²) in [7, 11) is 1.40. The predicted octanol–water partition coefficient (Wildman–Crippen LogP) is 1.36. The molecule has 1 aromatic rings. The number of hydrogen-bond donors (Lipinski definition) is 1. The Balaban J connectivity index is 2.62. The minimum absolute atomic E-state index is 0.256. The van der Waals surface area contributed by atoms with Gasteiger partial charge in [-0.1, -0.05) is 13.8 Å². The molecule has 96 valence electrons. The van der Waals surface area contributed by atoms with Gasteiger partial charge in [-0.15, -0.1) is 0 Å². The average molecular weight is 239 g/mol. The first kappa shape index (κ1) is 13.7. The van der Waals surface area contributed by atoms with Crippen molar-refractivity contribution in [2.45, 2.75) is 33.4 Å². The first-order valence-corrected chi connectivity index (χ1v) is 5.86. The summed E-state index contributed by atoms with van der Waals surface area (Å²) < 4.78 is 6.56. The summed E-state index contributed by atoms with van der Waals surface area (Å²) >= 11 is 0. The van der Waals surface area contributed by atoms with Crippen LogP contribution < -0.4 is 5.32 Å². The first-order valence-electron chi connectivity index (χ1n) is 5.86. The maximum Gasteiger partial charge on any atom is 0.328 e. The van der Waals surface area contributed by atoms with Crippen LogP contribution in [0.5, 0.6) is 0 Å². The lowest BCUT2D eigenvalue weighted by molar-refractivity contribution is -0.144. The number of rotatable bonds is 6. The van der Waals surface area contributed by atoms with Gasteiger partial charge in [0.15, 0.2) is 0 Å². The van der Waals surface area contributed by atoms with E-state index in [1.54, 1.807) is 19.3 Å². The van der Waals surface area contributed by atoms with Gasteiger partial charge in [0.1, 0.15) is 11.9 Å². The van der Waals surface area contributed by atoms with Crippen LogP contribution in [-0.2, 0) is 16.1 Å². The zero-order valence-electron chi connectivity index (χ0n) is 10.9. The Bertz CT molecular complexity index is 360. The fourth-order valence-corrected chi connectivity index (χ4v) is 1.59. The molecule has 1 rings (SSSR count). The van der Waals surface area contributed by atoms with Crippen LogP contribution in [0.15, 0.2) is 12.4 Å². The van der Waals surface area contributed by atoms with Crippen LogP contribution in [0.2, 0.25) is 0 Å². The smallest absolute Gasteiger partial charge is 0.328 e. The lowest BCUT2D eigenvalue weighted by Gasteiger charge is -2.14. The fraction of sp³-hybridized carbons (Fsp3) is 0.667. The molecule has 0 saturated heterocycles. The van der Waals surface area contributed by atoms with Gasteiger partial charge >= 0.3 is 5.97 Å². The number of methoxy groups -OCH3 is 1. The molecule has 0 aromatic carbocycles. The van der Waals surface area contributed by atoms with Crippen molar-refractivity contribution in [3.63, 3.8) is 0 Å². The molecule has 0 saturated carbocycles. The number of carbonyl (C=O) groups is 1. The standard InChI is InChI=1S/C12H21N3O2/c1-9(2)7-13-8-11-14-5-6-15(11)10(3)12(16)17-4/h5-6,9-10,13H,7-8H2,1-4H3. The monoisotopic (exact) mass is 239 g/mol. The van der Waals surface area contributed by atoms with Crippen LogP contribution in [0.4, 0.5) is 0 Å². The van der Waals surface area contributed by atoms with E-state index in [0.29, 0.717) is 12.5 Å². The average Bonchev–Trinajstić information content (AvgIpc) is 2.74. The quantitative estimate of drug-likeness (QED) is 0.762. The molecule has 5 nitrogen and oxygen atoms in total. The van der Waals surface area contributed by atoms with Crippen molar-refractivity contribution < 1.29 is 9.53 Å². The fourth-order valence-electron chi connectivity index (χ4n) is 1.59. The number of carbonyl (C=O) groups excluding carboxylic acids is 1. The summed E-state index contributed by atoms with van der Waals surface area (Å²) in [6.07, 6.45) is 3.50. The van der Waals surface area contributed by atoms with E-state index in [1.165, 1.54) is 7.11 Å². The molecule has 0 spiro atoms. The van der Waals surface area contributed by atoms with Crippen LogP contribution in [0.1, 0.15) is 32.6 Å². The maximum atomic E-state index is 11.5. The van der Waals surface area contributed by atoms with Crippen LogP contribution in [0, 0.1) is 5.92 Å². The highest BCUT2D eigenvalue weighted by Crippen LogP contribution is 2.10. The topological polar surface area (TPSA) is 56.2 Å². The lowest BCUT2D eigenvalue weighted by atomic mass is 10.2. The van der Waals surface area contributed by atoms with Crippen molar-refractivity contribution in [1.82, 2.24) is 14.9 Å². The SMILES string of the molecule is COC(=O)C(C)n1ccnc1CNCC(C)C. The van der Waals surface area contributed by atoms with Crippen molar-refractivity contribution in [3.05, 3.63) is 18.2 Å². The zero-order valence-corrected chi connectivity index (χ0v) is 10.9. The summed E-state index contributed by atoms with van der Waals surface area (Å²) in [5, 5.41) is 3.30. The Labute approximate surface area is 102 Å². The Morgan fingerprint density at radius 1 is 1.53 bits per heavy atom. The number of nitrogens with one attached hydrogen (secondary N) is 1. The number of imidazole rings is 1. The molecule has 17 heavy (non-hydrogen) atoms. The molecular weight excluding hydrogens is 218 g/mol. The zero-order chi connectivity index (χ0) is 12.8. The van der Waals surface area contributed by atoms with Crippen molar-refractivity contribution in [2.75, 3.05) is 13.7 Å². The van der Waals surface area contributed by atoms with Crippen LogP contribution in [-0.4, -0.2) is 29.2 Å². The molecular formula is C12H21N3O2.